The van der Waals surface area contributed by atoms with Gasteiger partial charge in [0.2, 0.25) is 5.91 Å². The van der Waals surface area contributed by atoms with E-state index in [0.29, 0.717) is 22.0 Å². The van der Waals surface area contributed by atoms with Crippen LogP contribution in [0.5, 0.6) is 0 Å². The van der Waals surface area contributed by atoms with Gasteiger partial charge in [-0.05, 0) is 24.3 Å². The van der Waals surface area contributed by atoms with E-state index in [0.717, 1.165) is 0 Å². The number of amides is 2. The third-order valence-corrected chi connectivity index (χ3v) is 4.30. The van der Waals surface area contributed by atoms with E-state index in [-0.39, 0.29) is 30.6 Å². The first-order valence-electron chi connectivity index (χ1n) is 7.96. The summed E-state index contributed by atoms with van der Waals surface area (Å²) in [4.78, 5) is 28.1. The smallest absolute Gasteiger partial charge is 0.251 e. The lowest BCUT2D eigenvalue weighted by molar-refractivity contribution is -0.116. The highest BCUT2D eigenvalue weighted by molar-refractivity contribution is 7.14. The number of rotatable bonds is 6. The molecule has 1 aromatic heterocycles. The van der Waals surface area contributed by atoms with Gasteiger partial charge in [-0.2, -0.15) is 0 Å². The van der Waals surface area contributed by atoms with Crippen LogP contribution < -0.4 is 10.6 Å². The maximum absolute atomic E-state index is 13.3. The Kier molecular flexibility index (Phi) is 5.70. The monoisotopic (exact) mass is 369 g/mol. The van der Waals surface area contributed by atoms with Gasteiger partial charge in [-0.15, -0.1) is 11.3 Å². The van der Waals surface area contributed by atoms with Crippen LogP contribution in [0.3, 0.4) is 0 Å². The molecule has 0 atom stereocenters. The van der Waals surface area contributed by atoms with E-state index in [1.165, 1.54) is 23.5 Å². The Balaban J connectivity index is 1.49. The summed E-state index contributed by atoms with van der Waals surface area (Å²) in [5.41, 5.74) is 1.80. The summed E-state index contributed by atoms with van der Waals surface area (Å²) in [7, 11) is 0. The average Bonchev–Trinajstić information content (AvgIpc) is 3.11. The van der Waals surface area contributed by atoms with Gasteiger partial charge in [0.25, 0.3) is 5.91 Å². The molecular formula is C19H16FN3O2S. The molecule has 0 saturated heterocycles. The number of benzene rings is 2. The molecule has 7 heteroatoms. The lowest BCUT2D eigenvalue weighted by atomic mass is 10.2. The third-order valence-electron chi connectivity index (χ3n) is 3.54. The standard InChI is InChI=1S/C19H16FN3O2S/c20-15-8-4-7-14(11-15)16-12-26-19(22-16)23-17(24)9-10-21-18(25)13-5-2-1-3-6-13/h1-8,11-12H,9-10H2,(H,21,25)(H,22,23,24). The van der Waals surface area contributed by atoms with Crippen molar-refractivity contribution in [1.29, 1.82) is 0 Å². The maximum Gasteiger partial charge on any atom is 0.251 e. The number of aromatic nitrogens is 1. The number of anilines is 1. The molecule has 0 saturated carbocycles. The van der Waals surface area contributed by atoms with E-state index in [2.05, 4.69) is 15.6 Å². The van der Waals surface area contributed by atoms with Crippen LogP contribution in [0.25, 0.3) is 11.3 Å². The number of thiazole rings is 1. The molecule has 0 radical (unpaired) electrons. The molecule has 132 valence electrons. The fraction of sp³-hybridized carbons (Fsp3) is 0.105. The minimum absolute atomic E-state index is 0.132. The van der Waals surface area contributed by atoms with Crippen molar-refractivity contribution in [2.24, 2.45) is 0 Å². The zero-order chi connectivity index (χ0) is 18.4. The molecule has 0 unspecified atom stereocenters. The lowest BCUT2D eigenvalue weighted by Gasteiger charge is -2.05. The van der Waals surface area contributed by atoms with Gasteiger partial charge in [0, 0.05) is 29.5 Å². The van der Waals surface area contributed by atoms with Crippen molar-refractivity contribution in [3.8, 4) is 11.3 Å². The van der Waals surface area contributed by atoms with Crippen LogP contribution in [0.15, 0.2) is 60.0 Å². The molecule has 2 aromatic carbocycles. The predicted octanol–water partition coefficient (Wildman–Crippen LogP) is 3.71. The summed E-state index contributed by atoms with van der Waals surface area (Å²) in [5.74, 6) is -0.810. The molecule has 5 nitrogen and oxygen atoms in total. The largest absolute Gasteiger partial charge is 0.352 e. The van der Waals surface area contributed by atoms with Gasteiger partial charge in [-0.3, -0.25) is 9.59 Å². The normalized spacial score (nSPS) is 10.3. The zero-order valence-electron chi connectivity index (χ0n) is 13.7. The molecule has 0 aliphatic rings. The third kappa shape index (κ3) is 4.73. The number of carbonyl (C=O) groups excluding carboxylic acids is 2. The molecule has 2 N–H and O–H groups in total. The van der Waals surface area contributed by atoms with Crippen molar-refractivity contribution in [2.45, 2.75) is 6.42 Å². The molecule has 0 spiro atoms. The van der Waals surface area contributed by atoms with Crippen LogP contribution in [-0.4, -0.2) is 23.3 Å². The van der Waals surface area contributed by atoms with Crippen LogP contribution in [-0.2, 0) is 4.79 Å². The SMILES string of the molecule is O=C(CCNC(=O)c1ccccc1)Nc1nc(-c2cccc(F)c2)cs1. The summed E-state index contributed by atoms with van der Waals surface area (Å²) in [6, 6.07) is 14.9. The Hall–Kier alpha value is -3.06. The van der Waals surface area contributed by atoms with Gasteiger partial charge < -0.3 is 10.6 Å². The quantitative estimate of drug-likeness (QED) is 0.696. The second-order valence-corrected chi connectivity index (χ2v) is 6.33. The van der Waals surface area contributed by atoms with Crippen molar-refractivity contribution < 1.29 is 14.0 Å². The van der Waals surface area contributed by atoms with E-state index in [9.17, 15) is 14.0 Å². The van der Waals surface area contributed by atoms with Crippen LogP contribution in [0.2, 0.25) is 0 Å². The van der Waals surface area contributed by atoms with Crippen LogP contribution in [0.1, 0.15) is 16.8 Å². The van der Waals surface area contributed by atoms with E-state index < -0.39 is 0 Å². The topological polar surface area (TPSA) is 71.1 Å². The summed E-state index contributed by atoms with van der Waals surface area (Å²) < 4.78 is 13.3. The van der Waals surface area contributed by atoms with Crippen molar-refractivity contribution >= 4 is 28.3 Å². The van der Waals surface area contributed by atoms with Gasteiger partial charge >= 0.3 is 0 Å². The van der Waals surface area contributed by atoms with E-state index >= 15 is 0 Å². The number of nitrogens with one attached hydrogen (secondary N) is 2. The second-order valence-electron chi connectivity index (χ2n) is 5.47. The van der Waals surface area contributed by atoms with Crippen molar-refractivity contribution in [1.82, 2.24) is 10.3 Å². The first-order valence-corrected chi connectivity index (χ1v) is 8.84. The minimum Gasteiger partial charge on any atom is -0.352 e. The summed E-state index contributed by atoms with van der Waals surface area (Å²) in [6.45, 7) is 0.224. The molecule has 0 fully saturated rings. The highest BCUT2D eigenvalue weighted by Gasteiger charge is 2.10. The molecule has 26 heavy (non-hydrogen) atoms. The van der Waals surface area contributed by atoms with E-state index in [1.54, 1.807) is 41.8 Å². The van der Waals surface area contributed by atoms with Crippen LogP contribution in [0, 0.1) is 5.82 Å². The minimum atomic E-state index is -0.338. The molecule has 1 heterocycles. The Morgan fingerprint density at radius 1 is 1.08 bits per heavy atom. The van der Waals surface area contributed by atoms with E-state index in [1.807, 2.05) is 6.07 Å². The van der Waals surface area contributed by atoms with E-state index in [4.69, 9.17) is 0 Å². The van der Waals surface area contributed by atoms with Gasteiger partial charge in [-0.25, -0.2) is 9.37 Å². The first-order chi connectivity index (χ1) is 12.6. The highest BCUT2D eigenvalue weighted by Crippen LogP contribution is 2.25. The Morgan fingerprint density at radius 2 is 1.88 bits per heavy atom. The summed E-state index contributed by atoms with van der Waals surface area (Å²) in [6.07, 6.45) is 0.132. The number of nitrogens with zero attached hydrogens (tertiary/aromatic N) is 1. The Labute approximate surface area is 153 Å². The molecular weight excluding hydrogens is 353 g/mol. The highest BCUT2D eigenvalue weighted by atomic mass is 32.1. The van der Waals surface area contributed by atoms with Crippen molar-refractivity contribution in [3.05, 3.63) is 71.4 Å². The predicted molar refractivity (Wildman–Crippen MR) is 99.5 cm³/mol. The van der Waals surface area contributed by atoms with Crippen LogP contribution in [0.4, 0.5) is 9.52 Å². The zero-order valence-corrected chi connectivity index (χ0v) is 14.6. The summed E-state index contributed by atoms with van der Waals surface area (Å²) >= 11 is 1.26. The Bertz CT molecular complexity index is 912. The molecule has 0 aliphatic carbocycles. The number of halogens is 1. The lowest BCUT2D eigenvalue weighted by Crippen LogP contribution is -2.27. The van der Waals surface area contributed by atoms with Gasteiger partial charge in [0.15, 0.2) is 5.13 Å². The first kappa shape index (κ1) is 17.8. The summed E-state index contributed by atoms with van der Waals surface area (Å²) in [5, 5.41) is 7.56. The molecule has 3 aromatic rings. The number of hydrogen-bond donors (Lipinski definition) is 2. The molecule has 2 amide bonds. The molecule has 3 rings (SSSR count). The van der Waals surface area contributed by atoms with Crippen LogP contribution >= 0.6 is 11.3 Å². The molecule has 0 aliphatic heterocycles. The van der Waals surface area contributed by atoms with Crippen molar-refractivity contribution in [3.63, 3.8) is 0 Å². The fourth-order valence-corrected chi connectivity index (χ4v) is 3.01. The number of carbonyl (C=O) groups is 2. The Morgan fingerprint density at radius 3 is 2.65 bits per heavy atom. The average molecular weight is 369 g/mol. The van der Waals surface area contributed by atoms with Gasteiger partial charge in [0.1, 0.15) is 5.82 Å². The van der Waals surface area contributed by atoms with Gasteiger partial charge in [0.05, 0.1) is 5.69 Å². The van der Waals surface area contributed by atoms with Crippen molar-refractivity contribution in [2.75, 3.05) is 11.9 Å². The fourth-order valence-electron chi connectivity index (χ4n) is 2.27. The maximum atomic E-state index is 13.3. The number of hydrogen-bond acceptors (Lipinski definition) is 4. The molecule has 0 bridgehead atoms. The second kappa shape index (κ2) is 8.35. The van der Waals surface area contributed by atoms with Gasteiger partial charge in [-0.1, -0.05) is 30.3 Å².